The summed E-state index contributed by atoms with van der Waals surface area (Å²) in [4.78, 5) is 22.5. The highest BCUT2D eigenvalue weighted by molar-refractivity contribution is 6.27. The monoisotopic (exact) mass is 381 g/mol. The van der Waals surface area contributed by atoms with E-state index in [4.69, 9.17) is 25.5 Å². The molecule has 1 aliphatic heterocycles. The molecule has 3 aromatic rings. The number of hydrogen-bond donors (Lipinski definition) is 3. The molecule has 0 saturated heterocycles. The Morgan fingerprint density at radius 1 is 1.11 bits per heavy atom. The third-order valence-electron chi connectivity index (χ3n) is 4.87. The minimum atomic E-state index is -1.82. The standard InChI is InChI=1S/C19H21N3.C2H2O4/c20-10-2-1-7-16-17-8-3-5-14-9-12-22(18(14)17)19(16)15-6-4-11-21-13-15;3-1(4)2(5)6/h3-6,8,11,13H,1-2,7,9-10,12,20H2;(H,3,4)(H,5,6). The number of nitrogens with two attached hydrogens (primary N) is 1. The number of rotatable bonds is 5. The van der Waals surface area contributed by atoms with E-state index < -0.39 is 11.9 Å². The number of carbonyl (C=O) groups is 2. The fraction of sp³-hybridized carbons (Fsp3) is 0.286. The van der Waals surface area contributed by atoms with Crippen LogP contribution < -0.4 is 5.73 Å². The van der Waals surface area contributed by atoms with Gasteiger partial charge in [0.25, 0.3) is 0 Å². The van der Waals surface area contributed by atoms with E-state index in [2.05, 4.69) is 33.8 Å². The van der Waals surface area contributed by atoms with Gasteiger partial charge in [-0.3, -0.25) is 4.98 Å². The normalized spacial score (nSPS) is 11.9. The summed E-state index contributed by atoms with van der Waals surface area (Å²) in [6.45, 7) is 1.85. The summed E-state index contributed by atoms with van der Waals surface area (Å²) >= 11 is 0. The van der Waals surface area contributed by atoms with Crippen molar-refractivity contribution >= 4 is 22.8 Å². The van der Waals surface area contributed by atoms with Crippen LogP contribution in [-0.2, 0) is 29.0 Å². The molecule has 0 bridgehead atoms. The first-order valence-corrected chi connectivity index (χ1v) is 9.24. The number of pyridine rings is 1. The lowest BCUT2D eigenvalue weighted by molar-refractivity contribution is -0.159. The predicted molar refractivity (Wildman–Crippen MR) is 106 cm³/mol. The number of benzene rings is 1. The molecule has 0 spiro atoms. The average Bonchev–Trinajstić information content (AvgIpc) is 3.26. The predicted octanol–water partition coefficient (Wildman–Crippen LogP) is 2.70. The highest BCUT2D eigenvalue weighted by Gasteiger charge is 2.23. The lowest BCUT2D eigenvalue weighted by atomic mass is 9.99. The Morgan fingerprint density at radius 2 is 1.89 bits per heavy atom. The van der Waals surface area contributed by atoms with Crippen molar-refractivity contribution in [2.75, 3.05) is 6.54 Å². The highest BCUT2D eigenvalue weighted by atomic mass is 16.4. The zero-order valence-electron chi connectivity index (χ0n) is 15.5. The zero-order valence-corrected chi connectivity index (χ0v) is 15.5. The molecule has 7 nitrogen and oxygen atoms in total. The molecule has 0 fully saturated rings. The van der Waals surface area contributed by atoms with Crippen molar-refractivity contribution in [1.29, 1.82) is 0 Å². The van der Waals surface area contributed by atoms with Crippen LogP contribution in [0.1, 0.15) is 24.0 Å². The summed E-state index contributed by atoms with van der Waals surface area (Å²) in [5.74, 6) is -3.65. The van der Waals surface area contributed by atoms with Crippen LogP contribution in [0.25, 0.3) is 22.2 Å². The highest BCUT2D eigenvalue weighted by Crippen LogP contribution is 2.39. The van der Waals surface area contributed by atoms with Gasteiger partial charge < -0.3 is 20.5 Å². The topological polar surface area (TPSA) is 118 Å². The van der Waals surface area contributed by atoms with Gasteiger partial charge in [0.05, 0.1) is 11.2 Å². The van der Waals surface area contributed by atoms with Crippen molar-refractivity contribution in [2.24, 2.45) is 5.73 Å². The summed E-state index contributed by atoms with van der Waals surface area (Å²) in [6.07, 6.45) is 8.29. The SMILES string of the molecule is NCCCCc1c(-c2cccnc2)n2c3c(cccc13)CC2.O=C(O)C(=O)O. The minimum Gasteiger partial charge on any atom is -0.473 e. The first-order valence-electron chi connectivity index (χ1n) is 9.24. The number of para-hydroxylation sites is 1. The maximum Gasteiger partial charge on any atom is 0.414 e. The molecule has 1 aliphatic rings. The number of carboxylic acid groups (broad SMARTS) is 2. The number of unbranched alkanes of at least 4 members (excludes halogenated alkanes) is 1. The van der Waals surface area contributed by atoms with Crippen LogP contribution in [0.3, 0.4) is 0 Å². The van der Waals surface area contributed by atoms with E-state index >= 15 is 0 Å². The van der Waals surface area contributed by atoms with Gasteiger partial charge in [-0.15, -0.1) is 0 Å². The average molecular weight is 381 g/mol. The Kier molecular flexibility index (Phi) is 6.06. The Bertz CT molecular complexity index is 984. The van der Waals surface area contributed by atoms with Crippen molar-refractivity contribution in [1.82, 2.24) is 9.55 Å². The van der Waals surface area contributed by atoms with Crippen molar-refractivity contribution in [3.05, 3.63) is 53.9 Å². The summed E-state index contributed by atoms with van der Waals surface area (Å²) in [7, 11) is 0. The second-order valence-electron chi connectivity index (χ2n) is 6.64. The zero-order chi connectivity index (χ0) is 20.1. The van der Waals surface area contributed by atoms with E-state index in [-0.39, 0.29) is 0 Å². The van der Waals surface area contributed by atoms with Gasteiger partial charge in [0.15, 0.2) is 0 Å². The van der Waals surface area contributed by atoms with Crippen LogP contribution >= 0.6 is 0 Å². The molecule has 0 aliphatic carbocycles. The molecule has 2 aromatic heterocycles. The number of hydrogen-bond acceptors (Lipinski definition) is 4. The Hall–Kier alpha value is -3.19. The van der Waals surface area contributed by atoms with E-state index in [1.165, 1.54) is 33.3 Å². The van der Waals surface area contributed by atoms with Crippen LogP contribution in [0.15, 0.2) is 42.7 Å². The lowest BCUT2D eigenvalue weighted by Crippen LogP contribution is -2.09. The lowest BCUT2D eigenvalue weighted by Gasteiger charge is -2.10. The molecule has 0 saturated carbocycles. The Balaban J connectivity index is 0.000000330. The molecule has 0 unspecified atom stereocenters. The molecule has 1 aromatic carbocycles. The van der Waals surface area contributed by atoms with Gasteiger partial charge in [-0.25, -0.2) is 9.59 Å². The van der Waals surface area contributed by atoms with E-state index in [1.807, 2.05) is 18.5 Å². The maximum atomic E-state index is 9.10. The molecule has 3 heterocycles. The number of aryl methyl sites for hydroxylation is 3. The van der Waals surface area contributed by atoms with E-state index in [1.54, 1.807) is 0 Å². The van der Waals surface area contributed by atoms with Gasteiger partial charge in [0.1, 0.15) is 0 Å². The first kappa shape index (κ1) is 19.6. The van der Waals surface area contributed by atoms with Crippen molar-refractivity contribution in [2.45, 2.75) is 32.2 Å². The third-order valence-corrected chi connectivity index (χ3v) is 4.87. The van der Waals surface area contributed by atoms with Gasteiger partial charge >= 0.3 is 11.9 Å². The molecular weight excluding hydrogens is 358 g/mol. The van der Waals surface area contributed by atoms with Gasteiger partial charge in [-0.2, -0.15) is 0 Å². The van der Waals surface area contributed by atoms with E-state index in [0.717, 1.165) is 38.8 Å². The molecule has 7 heteroatoms. The molecule has 0 radical (unpaired) electrons. The first-order chi connectivity index (χ1) is 13.5. The van der Waals surface area contributed by atoms with Crippen LogP contribution in [0, 0.1) is 0 Å². The van der Waals surface area contributed by atoms with Crippen LogP contribution in [0.4, 0.5) is 0 Å². The number of carboxylic acids is 2. The summed E-state index contributed by atoms with van der Waals surface area (Å²) in [5.41, 5.74) is 12.7. The van der Waals surface area contributed by atoms with Gasteiger partial charge in [0.2, 0.25) is 0 Å². The maximum absolute atomic E-state index is 9.10. The number of aliphatic carboxylic acids is 2. The Morgan fingerprint density at radius 3 is 2.54 bits per heavy atom. The summed E-state index contributed by atoms with van der Waals surface area (Å²) in [6, 6.07) is 10.9. The van der Waals surface area contributed by atoms with Crippen molar-refractivity contribution in [3.8, 4) is 11.3 Å². The fourth-order valence-electron chi connectivity index (χ4n) is 3.75. The summed E-state index contributed by atoms with van der Waals surface area (Å²) in [5, 5.41) is 16.2. The van der Waals surface area contributed by atoms with Gasteiger partial charge in [0, 0.05) is 29.9 Å². The third kappa shape index (κ3) is 3.89. The molecule has 146 valence electrons. The van der Waals surface area contributed by atoms with E-state index in [9.17, 15) is 0 Å². The smallest absolute Gasteiger partial charge is 0.414 e. The van der Waals surface area contributed by atoms with Crippen LogP contribution in [0.2, 0.25) is 0 Å². The second kappa shape index (κ2) is 8.67. The van der Waals surface area contributed by atoms with E-state index in [0.29, 0.717) is 0 Å². The molecule has 0 amide bonds. The van der Waals surface area contributed by atoms with Crippen LogP contribution in [0.5, 0.6) is 0 Å². The quantitative estimate of drug-likeness (QED) is 0.462. The number of nitrogens with zero attached hydrogens (tertiary/aromatic N) is 2. The molecule has 4 N–H and O–H groups in total. The second-order valence-corrected chi connectivity index (χ2v) is 6.64. The molecule has 28 heavy (non-hydrogen) atoms. The van der Waals surface area contributed by atoms with Crippen molar-refractivity contribution in [3.63, 3.8) is 0 Å². The minimum absolute atomic E-state index is 0.770. The van der Waals surface area contributed by atoms with Gasteiger partial charge in [-0.05, 0) is 55.5 Å². The summed E-state index contributed by atoms with van der Waals surface area (Å²) < 4.78 is 2.50. The van der Waals surface area contributed by atoms with Gasteiger partial charge in [-0.1, -0.05) is 18.2 Å². The molecule has 4 rings (SSSR count). The van der Waals surface area contributed by atoms with Crippen LogP contribution in [-0.4, -0.2) is 38.2 Å². The Labute approximate surface area is 162 Å². The number of aromatic nitrogens is 2. The fourth-order valence-corrected chi connectivity index (χ4v) is 3.75. The molecule has 0 atom stereocenters. The molecular formula is C21H23N3O4. The van der Waals surface area contributed by atoms with Crippen molar-refractivity contribution < 1.29 is 19.8 Å². The largest absolute Gasteiger partial charge is 0.473 e.